The summed E-state index contributed by atoms with van der Waals surface area (Å²) >= 11 is 3.41. The normalized spacial score (nSPS) is 16.5. The van der Waals surface area contributed by atoms with E-state index in [2.05, 4.69) is 46.8 Å². The van der Waals surface area contributed by atoms with Gasteiger partial charge in [0, 0.05) is 10.9 Å². The Kier molecular flexibility index (Phi) is 4.62. The first-order valence-corrected chi connectivity index (χ1v) is 12.7. The van der Waals surface area contributed by atoms with Crippen molar-refractivity contribution in [1.82, 2.24) is 15.0 Å². The first-order valence-electron chi connectivity index (χ1n) is 10.7. The lowest BCUT2D eigenvalue weighted by Gasteiger charge is -2.26. The van der Waals surface area contributed by atoms with Gasteiger partial charge in [0.1, 0.15) is 4.83 Å². The van der Waals surface area contributed by atoms with Gasteiger partial charge in [-0.15, -0.1) is 11.3 Å². The topological polar surface area (TPSA) is 58.5 Å². The van der Waals surface area contributed by atoms with E-state index in [0.717, 1.165) is 66.0 Å². The fourth-order valence-electron chi connectivity index (χ4n) is 4.83. The predicted molar refractivity (Wildman–Crippen MR) is 126 cm³/mol. The quantitative estimate of drug-likeness (QED) is 0.395. The molecule has 30 heavy (non-hydrogen) atoms. The zero-order valence-electron chi connectivity index (χ0n) is 17.0. The number of rotatable bonds is 3. The molecule has 1 fully saturated rings. The molecular weight excluding hydrogens is 410 g/mol. The van der Waals surface area contributed by atoms with Crippen LogP contribution in [-0.2, 0) is 12.8 Å². The number of thiophene rings is 1. The minimum absolute atomic E-state index is 0.866. The molecule has 152 valence electrons. The number of thioether (sulfide) groups is 1. The Labute approximate surface area is 183 Å². The zero-order chi connectivity index (χ0) is 20.1. The van der Waals surface area contributed by atoms with Gasteiger partial charge in [-0.2, -0.15) is 0 Å². The lowest BCUT2D eigenvalue weighted by Crippen LogP contribution is -2.89. The Morgan fingerprint density at radius 3 is 2.60 bits per heavy atom. The van der Waals surface area contributed by atoms with Crippen molar-refractivity contribution in [1.29, 1.82) is 0 Å². The van der Waals surface area contributed by atoms with Crippen molar-refractivity contribution in [2.45, 2.75) is 24.4 Å². The molecule has 0 atom stereocenters. The van der Waals surface area contributed by atoms with Crippen LogP contribution in [-0.4, -0.2) is 47.4 Å². The monoisotopic (exact) mass is 434 g/mol. The molecule has 5 nitrogen and oxygen atoms in total. The molecule has 2 aliphatic rings. The van der Waals surface area contributed by atoms with Crippen molar-refractivity contribution >= 4 is 49.3 Å². The van der Waals surface area contributed by atoms with Gasteiger partial charge < -0.3 is 10.2 Å². The third-order valence-electron chi connectivity index (χ3n) is 6.23. The number of benzene rings is 1. The van der Waals surface area contributed by atoms with Gasteiger partial charge in [-0.25, -0.2) is 15.0 Å². The molecule has 6 rings (SSSR count). The van der Waals surface area contributed by atoms with Gasteiger partial charge in [-0.05, 0) is 36.6 Å². The Bertz CT molecular complexity index is 1250. The number of quaternary nitrogens is 1. The van der Waals surface area contributed by atoms with E-state index in [0.29, 0.717) is 0 Å². The second-order valence-electron chi connectivity index (χ2n) is 7.98. The minimum atomic E-state index is 0.866. The molecule has 1 aromatic carbocycles. The summed E-state index contributed by atoms with van der Waals surface area (Å²) in [4.78, 5) is 18.7. The molecule has 0 bridgehead atoms. The van der Waals surface area contributed by atoms with Crippen LogP contribution in [0.4, 0.5) is 5.82 Å². The molecule has 0 unspecified atom stereocenters. The summed E-state index contributed by atoms with van der Waals surface area (Å²) in [5.74, 6) is 1.11. The van der Waals surface area contributed by atoms with Gasteiger partial charge in [0.15, 0.2) is 11.0 Å². The molecule has 1 saturated heterocycles. The highest BCUT2D eigenvalue weighted by molar-refractivity contribution is 7.98. The van der Waals surface area contributed by atoms with E-state index in [1.165, 1.54) is 33.2 Å². The standard InChI is InChI=1S/C23H23N5S2/c1-29-23-26-19-17-15-8-5-9-16(15)18(14-6-3-2-4-7-14)25-22(17)30-20(19)21(27-23)28-12-10-24-11-13-28/h2-4,6-7,24H,5,8-13H2,1H3/p+1. The highest BCUT2D eigenvalue weighted by atomic mass is 32.2. The SMILES string of the molecule is CSc1nc(N2CC[NH2+]CC2)c2sc3nc(-c4ccccc4)c4c(c3c2n1)CCC4. The molecule has 3 aromatic heterocycles. The Hall–Kier alpha value is -2.22. The number of aromatic nitrogens is 3. The van der Waals surface area contributed by atoms with E-state index in [4.69, 9.17) is 15.0 Å². The first kappa shape index (κ1) is 18.5. The van der Waals surface area contributed by atoms with Gasteiger partial charge >= 0.3 is 0 Å². The van der Waals surface area contributed by atoms with E-state index in [9.17, 15) is 0 Å². The third kappa shape index (κ3) is 2.91. The highest BCUT2D eigenvalue weighted by Crippen LogP contribution is 2.44. The summed E-state index contributed by atoms with van der Waals surface area (Å²) < 4.78 is 1.21. The molecule has 1 aliphatic heterocycles. The largest absolute Gasteiger partial charge is 0.344 e. The summed E-state index contributed by atoms with van der Waals surface area (Å²) in [5.41, 5.74) is 6.39. The number of aryl methyl sites for hydroxylation is 1. The summed E-state index contributed by atoms with van der Waals surface area (Å²) in [6.07, 6.45) is 5.49. The molecule has 0 spiro atoms. The number of anilines is 1. The Morgan fingerprint density at radius 2 is 1.80 bits per heavy atom. The molecule has 7 heteroatoms. The Morgan fingerprint density at radius 1 is 1.00 bits per heavy atom. The highest BCUT2D eigenvalue weighted by Gasteiger charge is 2.27. The molecule has 1 aliphatic carbocycles. The molecule has 2 N–H and O–H groups in total. The van der Waals surface area contributed by atoms with Crippen LogP contribution in [0.5, 0.6) is 0 Å². The third-order valence-corrected chi connectivity index (χ3v) is 7.85. The lowest BCUT2D eigenvalue weighted by atomic mass is 10.0. The van der Waals surface area contributed by atoms with Crippen LogP contribution >= 0.6 is 23.1 Å². The van der Waals surface area contributed by atoms with Crippen molar-refractivity contribution in [3.63, 3.8) is 0 Å². The van der Waals surface area contributed by atoms with Crippen molar-refractivity contribution in [2.24, 2.45) is 0 Å². The first-order chi connectivity index (χ1) is 14.8. The van der Waals surface area contributed by atoms with Gasteiger partial charge in [-0.1, -0.05) is 42.1 Å². The smallest absolute Gasteiger partial charge is 0.189 e. The summed E-state index contributed by atoms with van der Waals surface area (Å²) in [6.45, 7) is 4.32. The number of hydrogen-bond acceptors (Lipinski definition) is 6. The molecule has 0 radical (unpaired) electrons. The van der Waals surface area contributed by atoms with Crippen molar-refractivity contribution in [3.8, 4) is 11.3 Å². The minimum Gasteiger partial charge on any atom is -0.344 e. The van der Waals surface area contributed by atoms with Crippen LogP contribution < -0.4 is 10.2 Å². The van der Waals surface area contributed by atoms with Crippen LogP contribution in [0.3, 0.4) is 0 Å². The number of fused-ring (bicyclic) bond motifs is 5. The fraction of sp³-hybridized carbons (Fsp3) is 0.348. The number of nitrogens with two attached hydrogens (primary N) is 1. The van der Waals surface area contributed by atoms with Crippen LogP contribution in [0.15, 0.2) is 35.5 Å². The van der Waals surface area contributed by atoms with Gasteiger partial charge in [0.05, 0.1) is 42.1 Å². The van der Waals surface area contributed by atoms with E-state index in [1.807, 2.05) is 0 Å². The number of pyridine rings is 1. The lowest BCUT2D eigenvalue weighted by molar-refractivity contribution is -0.655. The number of nitrogens with zero attached hydrogens (tertiary/aromatic N) is 4. The van der Waals surface area contributed by atoms with E-state index >= 15 is 0 Å². The molecule has 0 amide bonds. The van der Waals surface area contributed by atoms with E-state index < -0.39 is 0 Å². The van der Waals surface area contributed by atoms with Crippen LogP contribution in [0.25, 0.3) is 31.7 Å². The van der Waals surface area contributed by atoms with Gasteiger partial charge in [0.25, 0.3) is 0 Å². The van der Waals surface area contributed by atoms with Crippen LogP contribution in [0.1, 0.15) is 17.5 Å². The molecule has 4 heterocycles. The maximum Gasteiger partial charge on any atom is 0.189 e. The van der Waals surface area contributed by atoms with Crippen LogP contribution in [0.2, 0.25) is 0 Å². The van der Waals surface area contributed by atoms with Gasteiger partial charge in [0.2, 0.25) is 0 Å². The average Bonchev–Trinajstić information content (AvgIpc) is 3.43. The summed E-state index contributed by atoms with van der Waals surface area (Å²) in [7, 11) is 0. The maximum atomic E-state index is 5.22. The second kappa shape index (κ2) is 7.48. The Balaban J connectivity index is 1.65. The molecule has 4 aromatic rings. The predicted octanol–water partition coefficient (Wildman–Crippen LogP) is 3.50. The van der Waals surface area contributed by atoms with Gasteiger partial charge in [-0.3, -0.25) is 0 Å². The van der Waals surface area contributed by atoms with Crippen LogP contribution in [0, 0.1) is 0 Å². The number of hydrogen-bond donors (Lipinski definition) is 1. The zero-order valence-corrected chi connectivity index (χ0v) is 18.7. The molecular formula is C23H24N5S2+. The van der Waals surface area contributed by atoms with E-state index in [1.54, 1.807) is 23.1 Å². The van der Waals surface area contributed by atoms with Crippen molar-refractivity contribution in [2.75, 3.05) is 37.3 Å². The van der Waals surface area contributed by atoms with Crippen molar-refractivity contribution < 1.29 is 5.32 Å². The van der Waals surface area contributed by atoms with Crippen molar-refractivity contribution in [3.05, 3.63) is 41.5 Å². The number of piperazine rings is 1. The molecule has 0 saturated carbocycles. The van der Waals surface area contributed by atoms with E-state index in [-0.39, 0.29) is 0 Å². The average molecular weight is 435 g/mol. The summed E-state index contributed by atoms with van der Waals surface area (Å²) in [5, 5.41) is 4.53. The summed E-state index contributed by atoms with van der Waals surface area (Å²) in [6, 6.07) is 10.6. The fourth-order valence-corrected chi connectivity index (χ4v) is 6.36. The second-order valence-corrected chi connectivity index (χ2v) is 9.76. The maximum absolute atomic E-state index is 5.22.